The topological polar surface area (TPSA) is 50.1 Å². The molecule has 1 heterocycles. The van der Waals surface area contributed by atoms with Crippen molar-refractivity contribution in [2.45, 2.75) is 26.4 Å². The predicted molar refractivity (Wildman–Crippen MR) is 51.5 cm³/mol. The molecule has 0 fully saturated rings. The SMILES string of the molecule is CCn1cc(CCO)c(CNC)n1. The molecule has 0 aliphatic heterocycles. The van der Waals surface area contributed by atoms with Gasteiger partial charge in [0.1, 0.15) is 0 Å². The van der Waals surface area contributed by atoms with Crippen LogP contribution in [0.1, 0.15) is 18.2 Å². The summed E-state index contributed by atoms with van der Waals surface area (Å²) in [5.74, 6) is 0. The van der Waals surface area contributed by atoms with Crippen molar-refractivity contribution < 1.29 is 5.11 Å². The number of aliphatic hydroxyl groups excluding tert-OH is 1. The van der Waals surface area contributed by atoms with E-state index in [0.717, 1.165) is 24.3 Å². The highest BCUT2D eigenvalue weighted by Gasteiger charge is 2.06. The summed E-state index contributed by atoms with van der Waals surface area (Å²) in [6.45, 7) is 3.88. The Morgan fingerprint density at radius 2 is 2.38 bits per heavy atom. The van der Waals surface area contributed by atoms with Gasteiger partial charge in [0.15, 0.2) is 0 Å². The Morgan fingerprint density at radius 3 is 2.92 bits per heavy atom. The molecule has 0 spiro atoms. The fraction of sp³-hybridized carbons (Fsp3) is 0.667. The van der Waals surface area contributed by atoms with Crippen LogP contribution in [0.4, 0.5) is 0 Å². The van der Waals surface area contributed by atoms with Gasteiger partial charge in [-0.2, -0.15) is 5.10 Å². The molecule has 0 amide bonds. The quantitative estimate of drug-likeness (QED) is 0.683. The van der Waals surface area contributed by atoms with Crippen molar-refractivity contribution in [1.29, 1.82) is 0 Å². The molecule has 0 radical (unpaired) electrons. The summed E-state index contributed by atoms with van der Waals surface area (Å²) < 4.78 is 1.90. The molecule has 74 valence electrons. The molecule has 13 heavy (non-hydrogen) atoms. The molecule has 1 aromatic rings. The van der Waals surface area contributed by atoms with E-state index in [0.29, 0.717) is 6.42 Å². The average Bonchev–Trinajstić information content (AvgIpc) is 2.50. The molecule has 4 heteroatoms. The molecule has 0 aliphatic rings. The second-order valence-corrected chi connectivity index (χ2v) is 2.96. The van der Waals surface area contributed by atoms with Crippen LogP contribution in [0.5, 0.6) is 0 Å². The number of nitrogens with one attached hydrogen (secondary N) is 1. The second kappa shape index (κ2) is 4.99. The highest BCUT2D eigenvalue weighted by atomic mass is 16.2. The third-order valence-electron chi connectivity index (χ3n) is 1.97. The minimum Gasteiger partial charge on any atom is -0.396 e. The molecule has 4 nitrogen and oxygen atoms in total. The molecule has 1 rings (SSSR count). The number of aromatic nitrogens is 2. The lowest BCUT2D eigenvalue weighted by Crippen LogP contribution is -2.08. The van der Waals surface area contributed by atoms with E-state index in [-0.39, 0.29) is 6.61 Å². The summed E-state index contributed by atoms with van der Waals surface area (Å²) in [6.07, 6.45) is 2.69. The van der Waals surface area contributed by atoms with Crippen molar-refractivity contribution in [1.82, 2.24) is 15.1 Å². The summed E-state index contributed by atoms with van der Waals surface area (Å²) in [6, 6.07) is 0. The number of aryl methyl sites for hydroxylation is 1. The zero-order valence-electron chi connectivity index (χ0n) is 8.25. The first-order valence-corrected chi connectivity index (χ1v) is 4.62. The van der Waals surface area contributed by atoms with Gasteiger partial charge in [-0.05, 0) is 26.0 Å². The van der Waals surface area contributed by atoms with Gasteiger partial charge < -0.3 is 10.4 Å². The number of rotatable bonds is 5. The molecule has 0 saturated heterocycles. The van der Waals surface area contributed by atoms with Crippen LogP contribution in [0.15, 0.2) is 6.20 Å². The minimum atomic E-state index is 0.187. The van der Waals surface area contributed by atoms with Crippen LogP contribution >= 0.6 is 0 Å². The van der Waals surface area contributed by atoms with Gasteiger partial charge >= 0.3 is 0 Å². The molecule has 0 unspecified atom stereocenters. The van der Waals surface area contributed by atoms with Crippen LogP contribution in [0, 0.1) is 0 Å². The van der Waals surface area contributed by atoms with Crippen LogP contribution in [0.3, 0.4) is 0 Å². The summed E-state index contributed by atoms with van der Waals surface area (Å²) in [4.78, 5) is 0. The van der Waals surface area contributed by atoms with E-state index < -0.39 is 0 Å². The zero-order chi connectivity index (χ0) is 9.68. The predicted octanol–water partition coefficient (Wildman–Crippen LogP) is 0.157. The Morgan fingerprint density at radius 1 is 1.62 bits per heavy atom. The molecule has 0 aliphatic carbocycles. The van der Waals surface area contributed by atoms with Crippen molar-refractivity contribution in [3.05, 3.63) is 17.5 Å². The Balaban J connectivity index is 2.79. The maximum Gasteiger partial charge on any atom is 0.0795 e. The van der Waals surface area contributed by atoms with E-state index in [1.54, 1.807) is 0 Å². The van der Waals surface area contributed by atoms with E-state index >= 15 is 0 Å². The van der Waals surface area contributed by atoms with E-state index in [1.165, 1.54) is 0 Å². The lowest BCUT2D eigenvalue weighted by Gasteiger charge is -1.97. The number of aliphatic hydroxyl groups is 1. The maximum absolute atomic E-state index is 8.84. The van der Waals surface area contributed by atoms with Gasteiger partial charge in [0, 0.05) is 25.9 Å². The smallest absolute Gasteiger partial charge is 0.0795 e. The second-order valence-electron chi connectivity index (χ2n) is 2.96. The van der Waals surface area contributed by atoms with Crippen LogP contribution in [0.2, 0.25) is 0 Å². The normalized spacial score (nSPS) is 10.7. The Hall–Kier alpha value is -0.870. The van der Waals surface area contributed by atoms with E-state index in [1.807, 2.05) is 17.9 Å². The molecule has 0 atom stereocenters. The van der Waals surface area contributed by atoms with E-state index in [2.05, 4.69) is 17.3 Å². The zero-order valence-corrected chi connectivity index (χ0v) is 8.25. The van der Waals surface area contributed by atoms with E-state index in [4.69, 9.17) is 5.11 Å². The van der Waals surface area contributed by atoms with Crippen molar-refractivity contribution >= 4 is 0 Å². The van der Waals surface area contributed by atoms with Gasteiger partial charge in [-0.15, -0.1) is 0 Å². The van der Waals surface area contributed by atoms with Gasteiger partial charge in [-0.1, -0.05) is 0 Å². The van der Waals surface area contributed by atoms with Crippen molar-refractivity contribution in [2.75, 3.05) is 13.7 Å². The first-order valence-electron chi connectivity index (χ1n) is 4.62. The van der Waals surface area contributed by atoms with Gasteiger partial charge in [0.2, 0.25) is 0 Å². The summed E-state index contributed by atoms with van der Waals surface area (Å²) in [7, 11) is 1.90. The molecule has 0 bridgehead atoms. The van der Waals surface area contributed by atoms with E-state index in [9.17, 15) is 0 Å². The molecular formula is C9H17N3O. The highest BCUT2D eigenvalue weighted by molar-refractivity contribution is 5.17. The summed E-state index contributed by atoms with van der Waals surface area (Å²) >= 11 is 0. The fourth-order valence-corrected chi connectivity index (χ4v) is 1.31. The highest BCUT2D eigenvalue weighted by Crippen LogP contribution is 2.07. The first-order chi connectivity index (χ1) is 6.31. The van der Waals surface area contributed by atoms with Gasteiger partial charge in [0.05, 0.1) is 5.69 Å². The molecular weight excluding hydrogens is 166 g/mol. The third-order valence-corrected chi connectivity index (χ3v) is 1.97. The van der Waals surface area contributed by atoms with Gasteiger partial charge in [-0.3, -0.25) is 4.68 Å². The van der Waals surface area contributed by atoms with Crippen LogP contribution in [0.25, 0.3) is 0 Å². The number of nitrogens with zero attached hydrogens (tertiary/aromatic N) is 2. The fourth-order valence-electron chi connectivity index (χ4n) is 1.31. The van der Waals surface area contributed by atoms with Gasteiger partial charge in [0.25, 0.3) is 0 Å². The molecule has 2 N–H and O–H groups in total. The van der Waals surface area contributed by atoms with Gasteiger partial charge in [-0.25, -0.2) is 0 Å². The van der Waals surface area contributed by atoms with Crippen LogP contribution in [-0.4, -0.2) is 28.5 Å². The molecule has 1 aromatic heterocycles. The van der Waals surface area contributed by atoms with Crippen molar-refractivity contribution in [2.24, 2.45) is 0 Å². The molecule has 0 saturated carbocycles. The lowest BCUT2D eigenvalue weighted by atomic mass is 10.2. The lowest BCUT2D eigenvalue weighted by molar-refractivity contribution is 0.299. The van der Waals surface area contributed by atoms with Crippen LogP contribution < -0.4 is 5.32 Å². The monoisotopic (exact) mass is 183 g/mol. The first kappa shape index (κ1) is 10.2. The summed E-state index contributed by atoms with van der Waals surface area (Å²) in [5.41, 5.74) is 2.18. The van der Waals surface area contributed by atoms with Crippen molar-refractivity contribution in [3.63, 3.8) is 0 Å². The maximum atomic E-state index is 8.84. The number of hydrogen-bond donors (Lipinski definition) is 2. The third kappa shape index (κ3) is 2.54. The Kier molecular flexibility index (Phi) is 3.92. The van der Waals surface area contributed by atoms with Crippen LogP contribution in [-0.2, 0) is 19.5 Å². The largest absolute Gasteiger partial charge is 0.396 e. The Bertz CT molecular complexity index is 234. The molecule has 0 aromatic carbocycles. The Labute approximate surface area is 78.6 Å². The van der Waals surface area contributed by atoms with Crippen molar-refractivity contribution in [3.8, 4) is 0 Å². The standard InChI is InChI=1S/C9H17N3O/c1-3-12-7-8(4-5-13)9(11-12)6-10-2/h7,10,13H,3-6H2,1-2H3. The summed E-state index contributed by atoms with van der Waals surface area (Å²) in [5, 5.41) is 16.3. The number of hydrogen-bond acceptors (Lipinski definition) is 3. The average molecular weight is 183 g/mol. The minimum absolute atomic E-state index is 0.187.